The van der Waals surface area contributed by atoms with Gasteiger partial charge in [-0.25, -0.2) is 15.0 Å². The Kier molecular flexibility index (Phi) is 9.12. The molecule has 0 fully saturated rings. The molecule has 122 valence electrons. The number of hydrogen-bond acceptors (Lipinski definition) is 6. The first-order valence-electron chi connectivity index (χ1n) is 6.50. The van der Waals surface area contributed by atoms with E-state index in [4.69, 9.17) is 14.0 Å². The first-order valence-corrected chi connectivity index (χ1v) is 8.13. The van der Waals surface area contributed by atoms with E-state index in [9.17, 15) is 14.2 Å². The molecule has 0 saturated heterocycles. The van der Waals surface area contributed by atoms with Crippen LogP contribution in [0.3, 0.4) is 0 Å². The van der Waals surface area contributed by atoms with Crippen molar-refractivity contribution < 1.29 is 28.2 Å². The third-order valence-electron chi connectivity index (χ3n) is 2.35. The zero-order valence-corrected chi connectivity index (χ0v) is 13.6. The van der Waals surface area contributed by atoms with Gasteiger partial charge in [0.1, 0.15) is 12.1 Å². The summed E-state index contributed by atoms with van der Waals surface area (Å²) in [5.41, 5.74) is 0. The molecule has 0 saturated carbocycles. The van der Waals surface area contributed by atoms with Crippen LogP contribution in [0.4, 0.5) is 0 Å². The summed E-state index contributed by atoms with van der Waals surface area (Å²) in [7, 11) is -2.47. The van der Waals surface area contributed by atoms with E-state index in [0.717, 1.165) is 0 Å². The van der Waals surface area contributed by atoms with Crippen LogP contribution in [0.2, 0.25) is 0 Å². The smallest absolute Gasteiger partial charge is 0.342 e. The van der Waals surface area contributed by atoms with Gasteiger partial charge in [0, 0.05) is 7.11 Å². The van der Waals surface area contributed by atoms with E-state index in [0.29, 0.717) is 0 Å². The molecule has 9 heteroatoms. The number of carbonyl (C=O) groups excluding carboxylic acids is 2. The average Bonchev–Trinajstić information content (AvgIpc) is 2.45. The molecular weight excluding hydrogens is 299 g/mol. The van der Waals surface area contributed by atoms with Crippen LogP contribution in [0.1, 0.15) is 20.8 Å². The summed E-state index contributed by atoms with van der Waals surface area (Å²) < 4.78 is 26.9. The number of ether oxygens (including phenoxy) is 2. The molecule has 0 aromatic carbocycles. The summed E-state index contributed by atoms with van der Waals surface area (Å²) in [6, 6.07) is -1.91. The van der Waals surface area contributed by atoms with Gasteiger partial charge < -0.3 is 14.0 Å². The Hall–Kier alpha value is -1.21. The van der Waals surface area contributed by atoms with E-state index < -0.39 is 31.7 Å². The van der Waals surface area contributed by atoms with Crippen LogP contribution in [0.25, 0.3) is 0 Å². The summed E-state index contributed by atoms with van der Waals surface area (Å²) in [4.78, 5) is 23.2. The van der Waals surface area contributed by atoms with Crippen molar-refractivity contribution in [2.75, 3.05) is 20.3 Å². The number of hydrogen-bond donors (Lipinski definition) is 2. The minimum atomic E-state index is -3.66. The molecule has 0 aromatic rings. The fourth-order valence-electron chi connectivity index (χ4n) is 1.33. The Bertz CT molecular complexity index is 415. The second kappa shape index (κ2) is 9.68. The molecule has 0 spiro atoms. The Morgan fingerprint density at radius 3 is 2.14 bits per heavy atom. The molecule has 8 nitrogen and oxygen atoms in total. The Morgan fingerprint density at radius 2 is 1.71 bits per heavy atom. The van der Waals surface area contributed by atoms with Crippen molar-refractivity contribution in [2.24, 2.45) is 0 Å². The molecule has 2 N–H and O–H groups in total. The number of esters is 2. The lowest BCUT2D eigenvalue weighted by atomic mass is 10.3. The Labute approximate surface area is 124 Å². The molecule has 1 unspecified atom stereocenters. The van der Waals surface area contributed by atoms with Crippen molar-refractivity contribution >= 4 is 19.6 Å². The maximum atomic E-state index is 12.5. The highest BCUT2D eigenvalue weighted by Crippen LogP contribution is 2.37. The summed E-state index contributed by atoms with van der Waals surface area (Å²) in [6.45, 7) is 8.62. The van der Waals surface area contributed by atoms with E-state index in [1.165, 1.54) is 20.1 Å². The topological polar surface area (TPSA) is 103 Å². The lowest BCUT2D eigenvalue weighted by Crippen LogP contribution is -2.42. The van der Waals surface area contributed by atoms with Crippen molar-refractivity contribution in [3.63, 3.8) is 0 Å². The van der Waals surface area contributed by atoms with Gasteiger partial charge in [0.2, 0.25) is 0 Å². The van der Waals surface area contributed by atoms with Crippen molar-refractivity contribution in [3.05, 3.63) is 12.7 Å². The maximum Gasteiger partial charge on any atom is 0.342 e. The predicted octanol–water partition coefficient (Wildman–Crippen LogP) is 0.989. The molecule has 0 rings (SSSR count). The number of carbonyl (C=O) groups is 2. The lowest BCUT2D eigenvalue weighted by molar-refractivity contribution is -0.144. The second-order valence-corrected chi connectivity index (χ2v) is 5.92. The van der Waals surface area contributed by atoms with Crippen LogP contribution >= 0.6 is 7.67 Å². The fraction of sp³-hybridized carbons (Fsp3) is 0.667. The minimum absolute atomic E-state index is 0.175. The van der Waals surface area contributed by atoms with Crippen LogP contribution in [-0.4, -0.2) is 44.3 Å². The molecule has 0 aliphatic rings. The van der Waals surface area contributed by atoms with Crippen molar-refractivity contribution in [3.8, 4) is 0 Å². The van der Waals surface area contributed by atoms with Gasteiger partial charge in [-0.15, -0.1) is 6.58 Å². The number of nitrogens with one attached hydrogen (secondary N) is 2. The highest BCUT2D eigenvalue weighted by atomic mass is 31.2. The van der Waals surface area contributed by atoms with Crippen molar-refractivity contribution in [1.29, 1.82) is 0 Å². The van der Waals surface area contributed by atoms with Crippen LogP contribution in [0.5, 0.6) is 0 Å². The summed E-state index contributed by atoms with van der Waals surface area (Å²) in [6.07, 6.45) is 1.24. The van der Waals surface area contributed by atoms with Crippen LogP contribution < -0.4 is 10.2 Å². The fourth-order valence-corrected chi connectivity index (χ4v) is 2.81. The first-order chi connectivity index (χ1) is 9.83. The molecule has 0 amide bonds. The van der Waals surface area contributed by atoms with Gasteiger partial charge in [0.05, 0.1) is 13.2 Å². The van der Waals surface area contributed by atoms with Crippen LogP contribution in [0.15, 0.2) is 12.7 Å². The zero-order valence-electron chi connectivity index (χ0n) is 12.8. The standard InChI is InChI=1S/C12H23N2O6P/c1-6-10(12(16)20-8-3)14-21(17,18-5)13-9(4)11(15)19-7-2/h6,9-10H,1,7-8H2,2-5H3,(H2,13,14,17)/t9-,10-,21?/m0/s1. The highest BCUT2D eigenvalue weighted by molar-refractivity contribution is 7.54. The Balaban J connectivity index is 4.85. The largest absolute Gasteiger partial charge is 0.465 e. The lowest BCUT2D eigenvalue weighted by Gasteiger charge is -2.24. The molecule has 3 atom stereocenters. The summed E-state index contributed by atoms with van der Waals surface area (Å²) in [5, 5.41) is 4.95. The van der Waals surface area contributed by atoms with Gasteiger partial charge in [-0.05, 0) is 20.8 Å². The summed E-state index contributed by atoms with van der Waals surface area (Å²) in [5.74, 6) is -1.22. The zero-order chi connectivity index (χ0) is 16.5. The molecule has 21 heavy (non-hydrogen) atoms. The minimum Gasteiger partial charge on any atom is -0.465 e. The molecule has 0 aliphatic carbocycles. The van der Waals surface area contributed by atoms with Gasteiger partial charge >= 0.3 is 19.6 Å². The van der Waals surface area contributed by atoms with Crippen molar-refractivity contribution in [2.45, 2.75) is 32.9 Å². The van der Waals surface area contributed by atoms with Crippen LogP contribution in [-0.2, 0) is 28.2 Å². The number of rotatable bonds is 10. The Morgan fingerprint density at radius 1 is 1.19 bits per heavy atom. The van der Waals surface area contributed by atoms with Gasteiger partial charge in [0.25, 0.3) is 0 Å². The molecule has 0 bridgehead atoms. The molecular formula is C12H23N2O6P. The third kappa shape index (κ3) is 6.86. The normalized spacial score (nSPS) is 16.4. The van der Waals surface area contributed by atoms with E-state index in [2.05, 4.69) is 16.8 Å². The highest BCUT2D eigenvalue weighted by Gasteiger charge is 2.32. The molecule has 0 heterocycles. The maximum absolute atomic E-state index is 12.5. The quantitative estimate of drug-likeness (QED) is 0.349. The third-order valence-corrected chi connectivity index (χ3v) is 4.21. The molecule has 0 aromatic heterocycles. The molecule has 0 radical (unpaired) electrons. The summed E-state index contributed by atoms with van der Waals surface area (Å²) >= 11 is 0. The van der Waals surface area contributed by atoms with E-state index in [-0.39, 0.29) is 13.2 Å². The first kappa shape index (κ1) is 19.8. The molecule has 0 aliphatic heterocycles. The van der Waals surface area contributed by atoms with Crippen molar-refractivity contribution in [1.82, 2.24) is 10.2 Å². The van der Waals surface area contributed by atoms with Gasteiger partial charge in [-0.3, -0.25) is 9.36 Å². The van der Waals surface area contributed by atoms with Gasteiger partial charge in [0.15, 0.2) is 0 Å². The van der Waals surface area contributed by atoms with Crippen LogP contribution in [0, 0.1) is 0 Å². The average molecular weight is 322 g/mol. The monoisotopic (exact) mass is 322 g/mol. The SMILES string of the molecule is C=C[C@H](NP(=O)(N[C@@H](C)C(=O)OCC)OC)C(=O)OCC. The van der Waals surface area contributed by atoms with Gasteiger partial charge in [-0.2, -0.15) is 0 Å². The predicted molar refractivity (Wildman–Crippen MR) is 77.6 cm³/mol. The van der Waals surface area contributed by atoms with E-state index in [1.807, 2.05) is 0 Å². The van der Waals surface area contributed by atoms with E-state index in [1.54, 1.807) is 13.8 Å². The van der Waals surface area contributed by atoms with Gasteiger partial charge in [-0.1, -0.05) is 6.08 Å². The second-order valence-electron chi connectivity index (χ2n) is 3.93. The van der Waals surface area contributed by atoms with E-state index >= 15 is 0 Å².